The van der Waals surface area contributed by atoms with Crippen LogP contribution in [0.2, 0.25) is 0 Å². The molecule has 7 nitrogen and oxygen atoms in total. The first kappa shape index (κ1) is 14.2. The Morgan fingerprint density at radius 1 is 1.44 bits per heavy atom. The van der Waals surface area contributed by atoms with Gasteiger partial charge in [-0.2, -0.15) is 0 Å². The van der Waals surface area contributed by atoms with Gasteiger partial charge in [-0.1, -0.05) is 6.92 Å². The van der Waals surface area contributed by atoms with E-state index in [9.17, 15) is 20.3 Å². The van der Waals surface area contributed by atoms with Crippen LogP contribution in [-0.4, -0.2) is 35.1 Å². The first-order valence-electron chi connectivity index (χ1n) is 5.45. The van der Waals surface area contributed by atoms with Crippen LogP contribution < -0.4 is 10.2 Å². The fourth-order valence-electron chi connectivity index (χ4n) is 1.36. The van der Waals surface area contributed by atoms with Crippen molar-refractivity contribution >= 4 is 17.1 Å². The molecule has 0 radical (unpaired) electrons. The smallest absolute Gasteiger partial charge is 0.294 e. The molecule has 0 unspecified atom stereocenters. The van der Waals surface area contributed by atoms with E-state index in [4.69, 9.17) is 0 Å². The van der Waals surface area contributed by atoms with E-state index in [2.05, 4.69) is 5.32 Å². The summed E-state index contributed by atoms with van der Waals surface area (Å²) in [5, 5.41) is 32.2. The van der Waals surface area contributed by atoms with E-state index in [0.29, 0.717) is 5.69 Å². The molecule has 3 N–H and O–H groups in total. The summed E-state index contributed by atoms with van der Waals surface area (Å²) in [6.45, 7) is 1.55. The molecule has 0 bridgehead atoms. The van der Waals surface area contributed by atoms with Crippen molar-refractivity contribution in [1.82, 2.24) is 0 Å². The third-order valence-corrected chi connectivity index (χ3v) is 2.52. The Labute approximate surface area is 105 Å². The number of rotatable bonds is 5. The molecule has 0 aliphatic rings. The fourth-order valence-corrected chi connectivity index (χ4v) is 1.36. The molecule has 18 heavy (non-hydrogen) atoms. The minimum Gasteiger partial charge on any atom is -0.377 e. The fraction of sp³-hybridized carbons (Fsp3) is 0.455. The van der Waals surface area contributed by atoms with Crippen LogP contribution in [-0.2, 0) is 0 Å². The van der Waals surface area contributed by atoms with Crippen molar-refractivity contribution in [3.05, 3.63) is 28.3 Å². The third-order valence-electron chi connectivity index (χ3n) is 2.52. The number of nitrogens with one attached hydrogen (secondary N) is 1. The lowest BCUT2D eigenvalue weighted by Gasteiger charge is -2.22. The number of anilines is 2. The van der Waals surface area contributed by atoms with Crippen LogP contribution in [0, 0.1) is 10.1 Å². The van der Waals surface area contributed by atoms with E-state index < -0.39 is 10.8 Å². The highest BCUT2D eigenvalue weighted by molar-refractivity contribution is 5.68. The van der Waals surface area contributed by atoms with Crippen molar-refractivity contribution in [2.75, 3.05) is 24.3 Å². The Hall–Kier alpha value is -1.86. The summed E-state index contributed by atoms with van der Waals surface area (Å²) in [5.74, 6) is -2.16. The zero-order valence-electron chi connectivity index (χ0n) is 10.5. The lowest BCUT2D eigenvalue weighted by atomic mass is 10.2. The molecule has 1 rings (SSSR count). The number of hydrogen-bond donors (Lipinski definition) is 3. The lowest BCUT2D eigenvalue weighted by molar-refractivity contribution is -0.384. The van der Waals surface area contributed by atoms with E-state index in [-0.39, 0.29) is 17.8 Å². The summed E-state index contributed by atoms with van der Waals surface area (Å²) in [6.07, 6.45) is -0.000410. The second-order valence-electron chi connectivity index (χ2n) is 4.15. The average molecular weight is 255 g/mol. The van der Waals surface area contributed by atoms with Gasteiger partial charge in [-0.05, 0) is 12.1 Å². The normalized spacial score (nSPS) is 11.2. The van der Waals surface area contributed by atoms with Gasteiger partial charge in [-0.25, -0.2) is 0 Å². The predicted molar refractivity (Wildman–Crippen MR) is 68.5 cm³/mol. The molecule has 0 aliphatic heterocycles. The third kappa shape index (κ3) is 3.31. The Kier molecular flexibility index (Phi) is 4.10. The van der Waals surface area contributed by atoms with Gasteiger partial charge >= 0.3 is 0 Å². The minimum atomic E-state index is -2.16. The molecule has 0 saturated carbocycles. The number of nitro groups is 1. The molecule has 0 saturated heterocycles. The number of aliphatic hydroxyl groups is 2. The molecule has 0 heterocycles. The Bertz CT molecular complexity index is 446. The number of hydrogen-bond acceptors (Lipinski definition) is 6. The molecule has 0 aromatic heterocycles. The first-order valence-corrected chi connectivity index (χ1v) is 5.45. The summed E-state index contributed by atoms with van der Waals surface area (Å²) in [4.78, 5) is 12.1. The molecule has 7 heteroatoms. The van der Waals surface area contributed by atoms with Crippen LogP contribution in [0.25, 0.3) is 0 Å². The Morgan fingerprint density at radius 2 is 2.06 bits per heavy atom. The van der Waals surface area contributed by atoms with Crippen molar-refractivity contribution in [3.8, 4) is 0 Å². The monoisotopic (exact) mass is 255 g/mol. The second-order valence-corrected chi connectivity index (χ2v) is 4.15. The lowest BCUT2D eigenvalue weighted by Crippen LogP contribution is -2.36. The van der Waals surface area contributed by atoms with Crippen LogP contribution in [0.5, 0.6) is 0 Å². The Morgan fingerprint density at radius 3 is 2.50 bits per heavy atom. The molecule has 0 amide bonds. The standard InChI is InChI=1S/C11H17N3O4/c1-4-11(15,16)12-9-6-5-8(13(2)3)7-10(9)14(17)18/h5-7,12,15-16H,4H2,1-3H3. The summed E-state index contributed by atoms with van der Waals surface area (Å²) in [7, 11) is 3.53. The van der Waals surface area contributed by atoms with Crippen LogP contribution >= 0.6 is 0 Å². The Balaban J connectivity index is 3.16. The average Bonchev–Trinajstić information content (AvgIpc) is 2.28. The van der Waals surface area contributed by atoms with Crippen molar-refractivity contribution in [2.45, 2.75) is 19.3 Å². The predicted octanol–water partition coefficient (Wildman–Crippen LogP) is 1.12. The molecule has 0 spiro atoms. The van der Waals surface area contributed by atoms with Gasteiger partial charge < -0.3 is 20.4 Å². The van der Waals surface area contributed by atoms with Crippen molar-refractivity contribution in [1.29, 1.82) is 0 Å². The highest BCUT2D eigenvalue weighted by Gasteiger charge is 2.25. The van der Waals surface area contributed by atoms with Gasteiger partial charge in [0, 0.05) is 32.3 Å². The molecular weight excluding hydrogens is 238 g/mol. The summed E-state index contributed by atoms with van der Waals surface area (Å²) >= 11 is 0. The van der Waals surface area contributed by atoms with Crippen LogP contribution in [0.15, 0.2) is 18.2 Å². The summed E-state index contributed by atoms with van der Waals surface area (Å²) in [5.41, 5.74) is 0.518. The number of nitro benzene ring substituents is 1. The SMILES string of the molecule is CCC(O)(O)Nc1ccc(N(C)C)cc1[N+](=O)[O-]. The van der Waals surface area contributed by atoms with Crippen LogP contribution in [0.3, 0.4) is 0 Å². The zero-order valence-corrected chi connectivity index (χ0v) is 10.5. The van der Waals surface area contributed by atoms with Crippen LogP contribution in [0.4, 0.5) is 17.1 Å². The minimum absolute atomic E-state index is 0.000410. The molecule has 100 valence electrons. The summed E-state index contributed by atoms with van der Waals surface area (Å²) < 4.78 is 0. The maximum atomic E-state index is 11.0. The quantitative estimate of drug-likeness (QED) is 0.414. The molecule has 0 atom stereocenters. The molecular formula is C11H17N3O4. The van der Waals surface area contributed by atoms with Gasteiger partial charge in [0.15, 0.2) is 0 Å². The number of nitrogens with zero attached hydrogens (tertiary/aromatic N) is 2. The highest BCUT2D eigenvalue weighted by atomic mass is 16.6. The topological polar surface area (TPSA) is 98.9 Å². The van der Waals surface area contributed by atoms with Gasteiger partial charge in [0.25, 0.3) is 5.69 Å². The van der Waals surface area contributed by atoms with E-state index in [1.807, 2.05) is 0 Å². The second kappa shape index (κ2) is 5.19. The molecule has 1 aromatic carbocycles. The van der Waals surface area contributed by atoms with Crippen molar-refractivity contribution in [3.63, 3.8) is 0 Å². The van der Waals surface area contributed by atoms with E-state index >= 15 is 0 Å². The maximum Gasteiger partial charge on any atom is 0.294 e. The number of benzene rings is 1. The van der Waals surface area contributed by atoms with Gasteiger partial charge in [0.2, 0.25) is 5.91 Å². The molecule has 0 aliphatic carbocycles. The van der Waals surface area contributed by atoms with Crippen molar-refractivity contribution < 1.29 is 15.1 Å². The van der Waals surface area contributed by atoms with E-state index in [1.54, 1.807) is 32.0 Å². The summed E-state index contributed by atoms with van der Waals surface area (Å²) in [6, 6.07) is 4.47. The van der Waals surface area contributed by atoms with Crippen molar-refractivity contribution in [2.24, 2.45) is 0 Å². The van der Waals surface area contributed by atoms with Crippen LogP contribution in [0.1, 0.15) is 13.3 Å². The van der Waals surface area contributed by atoms with E-state index in [1.165, 1.54) is 12.1 Å². The van der Waals surface area contributed by atoms with Gasteiger partial charge in [-0.15, -0.1) is 0 Å². The van der Waals surface area contributed by atoms with E-state index in [0.717, 1.165) is 0 Å². The zero-order chi connectivity index (χ0) is 13.9. The first-order chi connectivity index (χ1) is 8.26. The van der Waals surface area contributed by atoms with Gasteiger partial charge in [0.1, 0.15) is 5.69 Å². The highest BCUT2D eigenvalue weighted by Crippen LogP contribution is 2.30. The molecule has 1 aromatic rings. The molecule has 0 fully saturated rings. The van der Waals surface area contributed by atoms with Gasteiger partial charge in [0.05, 0.1) is 4.92 Å². The largest absolute Gasteiger partial charge is 0.377 e. The van der Waals surface area contributed by atoms with Gasteiger partial charge in [-0.3, -0.25) is 10.1 Å². The maximum absolute atomic E-state index is 11.0.